The minimum absolute atomic E-state index is 0.437. The highest BCUT2D eigenvalue weighted by molar-refractivity contribution is 5.30. The first-order valence-corrected chi connectivity index (χ1v) is 13.7. The summed E-state index contributed by atoms with van der Waals surface area (Å²) in [5.74, 6) is 4.21. The van der Waals surface area contributed by atoms with E-state index in [1.165, 1.54) is 50.5 Å². The summed E-state index contributed by atoms with van der Waals surface area (Å²) in [4.78, 5) is 12.3. The summed E-state index contributed by atoms with van der Waals surface area (Å²) in [5.41, 5.74) is 1.42. The van der Waals surface area contributed by atoms with Crippen molar-refractivity contribution >= 4 is 0 Å². The number of nitrogens with one attached hydrogen (secondary N) is 1. The van der Waals surface area contributed by atoms with E-state index in [-0.39, 0.29) is 0 Å². The van der Waals surface area contributed by atoms with Crippen LogP contribution in [0.3, 0.4) is 0 Å². The van der Waals surface area contributed by atoms with E-state index < -0.39 is 11.6 Å². The second-order valence-corrected chi connectivity index (χ2v) is 12.1. The number of hydrogen-bond acceptors (Lipinski definition) is 5. The fraction of sp³-hybridized carbons (Fsp3) is 0.786. The number of ether oxygens (including phenoxy) is 2. The van der Waals surface area contributed by atoms with E-state index in [4.69, 9.17) is 19.2 Å². The van der Waals surface area contributed by atoms with Crippen molar-refractivity contribution in [1.82, 2.24) is 5.32 Å². The molecule has 5 heteroatoms. The van der Waals surface area contributed by atoms with Gasteiger partial charge in [-0.1, -0.05) is 12.1 Å². The van der Waals surface area contributed by atoms with Gasteiger partial charge in [-0.3, -0.25) is 0 Å². The number of benzene rings is 1. The summed E-state index contributed by atoms with van der Waals surface area (Å²) in [6.07, 6.45) is 13.0. The Morgan fingerprint density at radius 3 is 2.15 bits per heavy atom. The largest absolute Gasteiger partial charge is 0.493 e. The molecule has 2 spiro atoms. The first-order valence-electron chi connectivity index (χ1n) is 13.7. The van der Waals surface area contributed by atoms with Gasteiger partial charge >= 0.3 is 0 Å². The van der Waals surface area contributed by atoms with Gasteiger partial charge in [-0.2, -0.15) is 9.78 Å². The van der Waals surface area contributed by atoms with Crippen LogP contribution in [0.2, 0.25) is 0 Å². The van der Waals surface area contributed by atoms with E-state index in [0.29, 0.717) is 23.7 Å². The average molecular weight is 454 g/mol. The van der Waals surface area contributed by atoms with Gasteiger partial charge < -0.3 is 14.8 Å². The molecule has 2 saturated heterocycles. The summed E-state index contributed by atoms with van der Waals surface area (Å²) in [7, 11) is 0. The Morgan fingerprint density at radius 2 is 1.48 bits per heavy atom. The second-order valence-electron chi connectivity index (χ2n) is 12.1. The van der Waals surface area contributed by atoms with E-state index in [1.54, 1.807) is 0 Å². The van der Waals surface area contributed by atoms with Crippen LogP contribution in [-0.4, -0.2) is 31.3 Å². The summed E-state index contributed by atoms with van der Waals surface area (Å²) in [6.45, 7) is 3.09. The topological polar surface area (TPSA) is 49.0 Å². The average Bonchev–Trinajstić information content (AvgIpc) is 3.22. The maximum atomic E-state index is 6.88. The zero-order valence-corrected chi connectivity index (χ0v) is 19.8. The summed E-state index contributed by atoms with van der Waals surface area (Å²) >= 11 is 0. The fourth-order valence-corrected chi connectivity index (χ4v) is 8.28. The van der Waals surface area contributed by atoms with Gasteiger partial charge in [0.25, 0.3) is 0 Å². The fourth-order valence-electron chi connectivity index (χ4n) is 8.28. The molecule has 8 rings (SSSR count). The predicted molar refractivity (Wildman–Crippen MR) is 125 cm³/mol. The minimum atomic E-state index is -0.510. The van der Waals surface area contributed by atoms with Gasteiger partial charge in [-0.15, -0.1) is 0 Å². The van der Waals surface area contributed by atoms with Gasteiger partial charge in [0.05, 0.1) is 6.61 Å². The molecule has 2 aliphatic heterocycles. The van der Waals surface area contributed by atoms with Crippen LogP contribution in [0.5, 0.6) is 5.75 Å². The van der Waals surface area contributed by atoms with Gasteiger partial charge in [0.2, 0.25) is 11.6 Å². The zero-order chi connectivity index (χ0) is 21.9. The highest BCUT2D eigenvalue weighted by Gasteiger charge is 2.66. The van der Waals surface area contributed by atoms with Gasteiger partial charge in [0, 0.05) is 24.7 Å². The third-order valence-electron chi connectivity index (χ3n) is 9.99. The Kier molecular flexibility index (Phi) is 5.27. The minimum Gasteiger partial charge on any atom is -0.493 e. The van der Waals surface area contributed by atoms with Crippen molar-refractivity contribution in [2.24, 2.45) is 29.6 Å². The van der Waals surface area contributed by atoms with E-state index >= 15 is 0 Å². The molecule has 0 radical (unpaired) electrons. The van der Waals surface area contributed by atoms with Crippen molar-refractivity contribution in [3.8, 4) is 5.75 Å². The third-order valence-corrected chi connectivity index (χ3v) is 9.99. The van der Waals surface area contributed by atoms with Crippen molar-refractivity contribution in [3.05, 3.63) is 29.8 Å². The molecule has 0 unspecified atom stereocenters. The van der Waals surface area contributed by atoms with Crippen molar-refractivity contribution in [3.63, 3.8) is 0 Å². The molecule has 7 aliphatic rings. The molecule has 0 aromatic heterocycles. The molecule has 5 saturated carbocycles. The number of piperidine rings is 1. The lowest BCUT2D eigenvalue weighted by Gasteiger charge is -2.57. The molecule has 0 atom stereocenters. The molecule has 4 bridgehead atoms. The molecule has 1 aromatic carbocycles. The Morgan fingerprint density at radius 1 is 0.818 bits per heavy atom. The standard InChI is InChI=1S/C28H39NO4/c1-3-26(30-18-19-7-11-29-12-8-19)4-2-22(1)23-5-9-27(10-6-23)31-28(33-32-27)24-14-20-13-21(16-24)17-25(28)15-20/h1-4,19-21,23-25,29H,5-18H2. The summed E-state index contributed by atoms with van der Waals surface area (Å²) < 4.78 is 13.0. The Bertz CT molecular complexity index is 812. The molecular formula is C28H39NO4. The first-order chi connectivity index (χ1) is 16.2. The molecule has 1 N–H and O–H groups in total. The summed E-state index contributed by atoms with van der Waals surface area (Å²) in [5, 5.41) is 3.42. The Balaban J connectivity index is 0.956. The lowest BCUT2D eigenvalue weighted by Crippen LogP contribution is -2.59. The lowest BCUT2D eigenvalue weighted by atomic mass is 9.53. The maximum absolute atomic E-state index is 6.88. The van der Waals surface area contributed by atoms with Crippen LogP contribution < -0.4 is 10.1 Å². The van der Waals surface area contributed by atoms with E-state index in [2.05, 4.69) is 29.6 Å². The van der Waals surface area contributed by atoms with E-state index in [0.717, 1.165) is 63.0 Å². The van der Waals surface area contributed by atoms with Crippen LogP contribution in [0.1, 0.15) is 82.1 Å². The molecule has 0 amide bonds. The van der Waals surface area contributed by atoms with Crippen LogP contribution >= 0.6 is 0 Å². The van der Waals surface area contributed by atoms with Gasteiger partial charge in [-0.25, -0.2) is 0 Å². The molecule has 7 fully saturated rings. The highest BCUT2D eigenvalue weighted by Crippen LogP contribution is 2.64. The zero-order valence-electron chi connectivity index (χ0n) is 19.8. The van der Waals surface area contributed by atoms with Crippen LogP contribution in [-0.2, 0) is 14.5 Å². The third kappa shape index (κ3) is 3.74. The van der Waals surface area contributed by atoms with E-state index in [1.807, 2.05) is 0 Å². The van der Waals surface area contributed by atoms with Crippen molar-refractivity contribution in [2.75, 3.05) is 19.7 Å². The molecule has 180 valence electrons. The maximum Gasteiger partial charge on any atom is 0.210 e. The first kappa shape index (κ1) is 21.2. The normalized spacial score (nSPS) is 44.7. The molecule has 5 aliphatic carbocycles. The van der Waals surface area contributed by atoms with Crippen molar-refractivity contribution in [1.29, 1.82) is 0 Å². The van der Waals surface area contributed by atoms with Crippen molar-refractivity contribution in [2.45, 2.75) is 88.1 Å². The van der Waals surface area contributed by atoms with Gasteiger partial charge in [0.15, 0.2) is 0 Å². The van der Waals surface area contributed by atoms with Gasteiger partial charge in [0.1, 0.15) is 5.75 Å². The molecule has 33 heavy (non-hydrogen) atoms. The SMILES string of the molecule is c1cc(C2CCC3(CC2)OOC2(O3)C3CC4CC(C3)CC2C4)ccc1OCC1CCNCC1. The molecule has 5 nitrogen and oxygen atoms in total. The van der Waals surface area contributed by atoms with Crippen LogP contribution in [0, 0.1) is 29.6 Å². The second kappa shape index (κ2) is 8.22. The Labute approximate surface area is 197 Å². The van der Waals surface area contributed by atoms with E-state index in [9.17, 15) is 0 Å². The smallest absolute Gasteiger partial charge is 0.210 e. The van der Waals surface area contributed by atoms with Crippen LogP contribution in [0.15, 0.2) is 24.3 Å². The Hall–Kier alpha value is -1.14. The lowest BCUT2D eigenvalue weighted by molar-refractivity contribution is -0.390. The molecule has 1 aromatic rings. The molecule has 2 heterocycles. The number of rotatable bonds is 4. The van der Waals surface area contributed by atoms with Crippen molar-refractivity contribution < 1.29 is 19.2 Å². The monoisotopic (exact) mass is 453 g/mol. The van der Waals surface area contributed by atoms with Gasteiger partial charge in [-0.05, 0) is 112 Å². The number of hydrogen-bond donors (Lipinski definition) is 1. The predicted octanol–water partition coefficient (Wildman–Crippen LogP) is 5.55. The van der Waals surface area contributed by atoms with Crippen LogP contribution in [0.25, 0.3) is 0 Å². The quantitative estimate of drug-likeness (QED) is 0.606. The summed E-state index contributed by atoms with van der Waals surface area (Å²) in [6, 6.07) is 8.87. The molecular weight excluding hydrogens is 414 g/mol. The highest BCUT2D eigenvalue weighted by atomic mass is 17.3. The van der Waals surface area contributed by atoms with Crippen LogP contribution in [0.4, 0.5) is 0 Å².